The van der Waals surface area contributed by atoms with Crippen molar-refractivity contribution >= 4 is 11.9 Å². The molecule has 0 aliphatic carbocycles. The van der Waals surface area contributed by atoms with Gasteiger partial charge in [-0.25, -0.2) is 4.99 Å². The first-order valence-corrected chi connectivity index (χ1v) is 9.11. The van der Waals surface area contributed by atoms with Crippen LogP contribution in [0.5, 0.6) is 0 Å². The summed E-state index contributed by atoms with van der Waals surface area (Å²) in [5.41, 5.74) is 2.42. The van der Waals surface area contributed by atoms with E-state index in [1.807, 2.05) is 19.1 Å². The predicted octanol–water partition coefficient (Wildman–Crippen LogP) is 1.10. The highest BCUT2D eigenvalue weighted by atomic mass is 16.5. The average molecular weight is 362 g/mol. The molecule has 26 heavy (non-hydrogen) atoms. The molecule has 1 saturated heterocycles. The predicted molar refractivity (Wildman–Crippen MR) is 102 cm³/mol. The van der Waals surface area contributed by atoms with E-state index >= 15 is 0 Å². The van der Waals surface area contributed by atoms with E-state index in [-0.39, 0.29) is 18.6 Å². The Morgan fingerprint density at radius 1 is 1.38 bits per heavy atom. The van der Waals surface area contributed by atoms with Crippen molar-refractivity contribution in [3.05, 3.63) is 35.4 Å². The van der Waals surface area contributed by atoms with Crippen LogP contribution in [0.3, 0.4) is 0 Å². The Morgan fingerprint density at radius 2 is 2.19 bits per heavy atom. The maximum Gasteiger partial charge on any atom is 0.241 e. The minimum atomic E-state index is -0.110. The lowest BCUT2D eigenvalue weighted by molar-refractivity contribution is -0.119. The van der Waals surface area contributed by atoms with E-state index in [0.29, 0.717) is 26.3 Å². The maximum atomic E-state index is 11.9. The Bertz CT molecular complexity index is 606. The van der Waals surface area contributed by atoms with Gasteiger partial charge in [0.05, 0.1) is 19.8 Å². The normalized spacial score (nSPS) is 17.9. The molecule has 0 saturated carbocycles. The molecule has 1 fully saturated rings. The summed E-state index contributed by atoms with van der Waals surface area (Å²) in [6, 6.07) is 8.28. The Kier molecular flexibility index (Phi) is 8.37. The number of carbonyl (C=O) groups excluding carboxylic acids is 1. The molecule has 0 spiro atoms. The van der Waals surface area contributed by atoms with E-state index in [1.165, 1.54) is 11.1 Å². The molecule has 1 aliphatic rings. The van der Waals surface area contributed by atoms with Gasteiger partial charge >= 0.3 is 0 Å². The Balaban J connectivity index is 2.00. The minimum Gasteiger partial charge on any atom is -0.383 e. The van der Waals surface area contributed by atoms with Crippen LogP contribution in [-0.4, -0.2) is 69.8 Å². The molecule has 1 unspecified atom stereocenters. The zero-order chi connectivity index (χ0) is 18.8. The number of aryl methyl sites for hydroxylation is 1. The molecule has 1 aromatic rings. The second-order valence-electron chi connectivity index (χ2n) is 6.17. The van der Waals surface area contributed by atoms with Crippen LogP contribution in [0.15, 0.2) is 29.3 Å². The van der Waals surface area contributed by atoms with Crippen LogP contribution < -0.4 is 10.6 Å². The fraction of sp³-hybridized carbons (Fsp3) is 0.579. The number of amides is 1. The van der Waals surface area contributed by atoms with E-state index in [4.69, 9.17) is 9.47 Å². The number of hydrogen-bond donors (Lipinski definition) is 2. The molecule has 1 aromatic carbocycles. The lowest BCUT2D eigenvalue weighted by Crippen LogP contribution is -2.48. The van der Waals surface area contributed by atoms with Gasteiger partial charge in [0.1, 0.15) is 12.6 Å². The Morgan fingerprint density at radius 3 is 2.92 bits per heavy atom. The number of hydrogen-bond acceptors (Lipinski definition) is 4. The SMILES string of the molecule is CCNC(=NCC(=O)NCCOC)N1CCOC(c2ccccc2C)C1. The molecule has 7 nitrogen and oxygen atoms in total. The third-order valence-corrected chi connectivity index (χ3v) is 4.24. The van der Waals surface area contributed by atoms with Crippen molar-refractivity contribution in [2.24, 2.45) is 4.99 Å². The molecule has 1 amide bonds. The summed E-state index contributed by atoms with van der Waals surface area (Å²) in [5.74, 6) is 0.637. The second kappa shape index (κ2) is 10.8. The number of aliphatic imine (C=N–C) groups is 1. The number of methoxy groups -OCH3 is 1. The van der Waals surface area contributed by atoms with Crippen LogP contribution in [0.1, 0.15) is 24.2 Å². The minimum absolute atomic E-state index is 0.00401. The molecule has 1 heterocycles. The molecule has 0 aromatic heterocycles. The molecule has 144 valence electrons. The number of morpholine rings is 1. The average Bonchev–Trinajstić information content (AvgIpc) is 2.66. The summed E-state index contributed by atoms with van der Waals surface area (Å²) in [7, 11) is 1.61. The summed E-state index contributed by atoms with van der Waals surface area (Å²) < 4.78 is 10.9. The lowest BCUT2D eigenvalue weighted by Gasteiger charge is -2.35. The van der Waals surface area contributed by atoms with Gasteiger partial charge in [-0.15, -0.1) is 0 Å². The number of guanidine groups is 1. The van der Waals surface area contributed by atoms with Crippen LogP contribution in [0.2, 0.25) is 0 Å². The first kappa shape index (κ1) is 20.2. The van der Waals surface area contributed by atoms with E-state index in [1.54, 1.807) is 7.11 Å². The number of ether oxygens (including phenoxy) is 2. The second-order valence-corrected chi connectivity index (χ2v) is 6.17. The van der Waals surface area contributed by atoms with E-state index in [2.05, 4.69) is 39.6 Å². The van der Waals surface area contributed by atoms with Crippen molar-refractivity contribution in [1.82, 2.24) is 15.5 Å². The van der Waals surface area contributed by atoms with Crippen LogP contribution in [0, 0.1) is 6.92 Å². The molecule has 0 bridgehead atoms. The fourth-order valence-electron chi connectivity index (χ4n) is 2.90. The van der Waals surface area contributed by atoms with E-state index in [0.717, 1.165) is 19.0 Å². The van der Waals surface area contributed by atoms with Crippen molar-refractivity contribution in [3.63, 3.8) is 0 Å². The first-order chi connectivity index (χ1) is 12.7. The molecular weight excluding hydrogens is 332 g/mol. The van der Waals surface area contributed by atoms with Crippen LogP contribution in [-0.2, 0) is 14.3 Å². The number of nitrogens with zero attached hydrogens (tertiary/aromatic N) is 2. The quantitative estimate of drug-likeness (QED) is 0.432. The largest absolute Gasteiger partial charge is 0.383 e. The zero-order valence-electron chi connectivity index (χ0n) is 16.0. The summed E-state index contributed by atoms with van der Waals surface area (Å²) in [4.78, 5) is 18.5. The molecule has 2 rings (SSSR count). The topological polar surface area (TPSA) is 75.2 Å². The molecular formula is C19H30N4O3. The third-order valence-electron chi connectivity index (χ3n) is 4.24. The van der Waals surface area contributed by atoms with Gasteiger partial charge in [0.25, 0.3) is 0 Å². The maximum absolute atomic E-state index is 11.9. The zero-order valence-corrected chi connectivity index (χ0v) is 16.0. The number of carbonyl (C=O) groups is 1. The van der Waals surface area contributed by atoms with Crippen LogP contribution in [0.25, 0.3) is 0 Å². The highest BCUT2D eigenvalue weighted by Gasteiger charge is 2.25. The molecule has 0 radical (unpaired) electrons. The Hall–Kier alpha value is -2.12. The van der Waals surface area contributed by atoms with Gasteiger partial charge in [-0.2, -0.15) is 0 Å². The first-order valence-electron chi connectivity index (χ1n) is 9.11. The van der Waals surface area contributed by atoms with Gasteiger partial charge in [-0.1, -0.05) is 24.3 Å². The fourth-order valence-corrected chi connectivity index (χ4v) is 2.90. The van der Waals surface area contributed by atoms with Gasteiger partial charge in [-0.05, 0) is 25.0 Å². The van der Waals surface area contributed by atoms with Crippen molar-refractivity contribution in [3.8, 4) is 0 Å². The van der Waals surface area contributed by atoms with Gasteiger partial charge in [0, 0.05) is 26.7 Å². The van der Waals surface area contributed by atoms with E-state index in [9.17, 15) is 4.79 Å². The molecule has 7 heteroatoms. The highest BCUT2D eigenvalue weighted by molar-refractivity contribution is 5.85. The summed E-state index contributed by atoms with van der Waals surface area (Å²) >= 11 is 0. The number of rotatable bonds is 7. The van der Waals surface area contributed by atoms with Crippen molar-refractivity contribution < 1.29 is 14.3 Å². The van der Waals surface area contributed by atoms with Crippen LogP contribution >= 0.6 is 0 Å². The smallest absolute Gasteiger partial charge is 0.241 e. The third kappa shape index (κ3) is 6.00. The van der Waals surface area contributed by atoms with Crippen molar-refractivity contribution in [2.75, 3.05) is 53.0 Å². The van der Waals surface area contributed by atoms with Crippen LogP contribution in [0.4, 0.5) is 0 Å². The standard InChI is InChI=1S/C19H30N4O3/c1-4-20-19(22-13-18(24)21-9-11-25-3)23-10-12-26-17(14-23)16-8-6-5-7-15(16)2/h5-8,17H,4,9-14H2,1-3H3,(H,20,22)(H,21,24). The monoisotopic (exact) mass is 362 g/mol. The van der Waals surface area contributed by atoms with Gasteiger partial charge in [0.15, 0.2) is 5.96 Å². The van der Waals surface area contributed by atoms with Gasteiger partial charge in [-0.3, -0.25) is 4.79 Å². The van der Waals surface area contributed by atoms with Crippen molar-refractivity contribution in [1.29, 1.82) is 0 Å². The summed E-state index contributed by atoms with van der Waals surface area (Å²) in [6.07, 6.45) is 0.00401. The number of nitrogens with one attached hydrogen (secondary N) is 2. The molecule has 1 aliphatic heterocycles. The number of benzene rings is 1. The molecule has 2 N–H and O–H groups in total. The van der Waals surface area contributed by atoms with Gasteiger partial charge in [0.2, 0.25) is 5.91 Å². The van der Waals surface area contributed by atoms with Crippen molar-refractivity contribution in [2.45, 2.75) is 20.0 Å². The van der Waals surface area contributed by atoms with Gasteiger partial charge < -0.3 is 25.0 Å². The lowest BCUT2D eigenvalue weighted by atomic mass is 10.0. The van der Waals surface area contributed by atoms with E-state index < -0.39 is 0 Å². The summed E-state index contributed by atoms with van der Waals surface area (Å²) in [5, 5.41) is 6.06. The molecule has 1 atom stereocenters. The summed E-state index contributed by atoms with van der Waals surface area (Å²) in [6.45, 7) is 8.04. The highest BCUT2D eigenvalue weighted by Crippen LogP contribution is 2.24. The Labute approximate surface area is 155 Å².